The number of methoxy groups -OCH3 is 2. The first-order valence-electron chi connectivity index (χ1n) is 10.5. The molecule has 0 bridgehead atoms. The van der Waals surface area contributed by atoms with Gasteiger partial charge in [-0.15, -0.1) is 0 Å². The molecule has 33 heavy (non-hydrogen) atoms. The average molecular weight is 509 g/mol. The molecule has 11 heteroatoms. The lowest BCUT2D eigenvalue weighted by molar-refractivity contribution is 0.348. The fourth-order valence-corrected chi connectivity index (χ4v) is 4.92. The molecule has 1 aliphatic rings. The Bertz CT molecular complexity index is 1140. The third-order valence-electron chi connectivity index (χ3n) is 5.59. The molecular weight excluding hydrogens is 483 g/mol. The first-order chi connectivity index (χ1) is 15.9. The van der Waals surface area contributed by atoms with Gasteiger partial charge < -0.3 is 20.5 Å². The third kappa shape index (κ3) is 5.07. The quantitative estimate of drug-likeness (QED) is 0.342. The molecule has 1 saturated heterocycles. The van der Waals surface area contributed by atoms with Gasteiger partial charge in [0.25, 0.3) is 0 Å². The van der Waals surface area contributed by atoms with Crippen LogP contribution in [-0.4, -0.2) is 72.5 Å². The Morgan fingerprint density at radius 1 is 1.18 bits per heavy atom. The maximum absolute atomic E-state index is 6.65. The van der Waals surface area contributed by atoms with E-state index >= 15 is 0 Å². The Kier molecular flexibility index (Phi) is 7.65. The van der Waals surface area contributed by atoms with E-state index in [4.69, 9.17) is 43.4 Å². The predicted molar refractivity (Wildman–Crippen MR) is 135 cm³/mol. The van der Waals surface area contributed by atoms with Crippen molar-refractivity contribution in [3.8, 4) is 22.8 Å². The summed E-state index contributed by atoms with van der Waals surface area (Å²) >= 11 is 14.8. The molecule has 4 rings (SSSR count). The number of ether oxygens (including phenoxy) is 2. The van der Waals surface area contributed by atoms with Crippen molar-refractivity contribution >= 4 is 51.7 Å². The molecule has 1 unspecified atom stereocenters. The van der Waals surface area contributed by atoms with Crippen LogP contribution in [0.15, 0.2) is 23.5 Å². The maximum atomic E-state index is 6.65. The van der Waals surface area contributed by atoms with E-state index in [1.165, 1.54) is 11.8 Å². The number of aromatic nitrogens is 3. The topological polar surface area (TPSA) is 98.4 Å². The van der Waals surface area contributed by atoms with Gasteiger partial charge in [-0.2, -0.15) is 0 Å². The van der Waals surface area contributed by atoms with Crippen molar-refractivity contribution < 1.29 is 9.47 Å². The lowest BCUT2D eigenvalue weighted by Crippen LogP contribution is -2.30. The zero-order chi connectivity index (χ0) is 23.5. The number of halogens is 2. The van der Waals surface area contributed by atoms with Gasteiger partial charge in [-0.25, -0.2) is 15.0 Å². The predicted octanol–water partition coefficient (Wildman–Crippen LogP) is 4.18. The fraction of sp³-hybridized carbons (Fsp3) is 0.409. The Labute approximate surface area is 207 Å². The molecule has 176 valence electrons. The maximum Gasteiger partial charge on any atom is 0.187 e. The van der Waals surface area contributed by atoms with Crippen molar-refractivity contribution in [1.82, 2.24) is 19.9 Å². The molecule has 3 N–H and O–H groups in total. The third-order valence-corrected chi connectivity index (χ3v) is 6.90. The highest BCUT2D eigenvalue weighted by molar-refractivity contribution is 7.98. The molecule has 1 aromatic carbocycles. The highest BCUT2D eigenvalue weighted by Gasteiger charge is 2.22. The lowest BCUT2D eigenvalue weighted by Gasteiger charge is -2.18. The van der Waals surface area contributed by atoms with E-state index in [-0.39, 0.29) is 6.04 Å². The fourth-order valence-electron chi connectivity index (χ4n) is 3.88. The Morgan fingerprint density at radius 3 is 2.52 bits per heavy atom. The van der Waals surface area contributed by atoms with E-state index in [0.29, 0.717) is 50.3 Å². The molecule has 0 aliphatic carbocycles. The minimum absolute atomic E-state index is 0.247. The largest absolute Gasteiger partial charge is 0.495 e. The second kappa shape index (κ2) is 10.5. The van der Waals surface area contributed by atoms with Crippen LogP contribution in [0.5, 0.6) is 11.5 Å². The van der Waals surface area contributed by atoms with E-state index in [1.807, 2.05) is 12.3 Å². The summed E-state index contributed by atoms with van der Waals surface area (Å²) in [5.74, 6) is 1.53. The van der Waals surface area contributed by atoms with E-state index < -0.39 is 0 Å². The number of anilines is 1. The van der Waals surface area contributed by atoms with Gasteiger partial charge in [0, 0.05) is 48.9 Å². The summed E-state index contributed by atoms with van der Waals surface area (Å²) in [5, 5.41) is 5.64. The van der Waals surface area contributed by atoms with Crippen molar-refractivity contribution in [2.24, 2.45) is 5.73 Å². The summed E-state index contributed by atoms with van der Waals surface area (Å²) in [6, 6.07) is 3.77. The van der Waals surface area contributed by atoms with Gasteiger partial charge >= 0.3 is 0 Å². The monoisotopic (exact) mass is 508 g/mol. The highest BCUT2D eigenvalue weighted by Crippen LogP contribution is 2.46. The summed E-state index contributed by atoms with van der Waals surface area (Å²) in [6.45, 7) is 3.46. The van der Waals surface area contributed by atoms with Crippen LogP contribution in [0.2, 0.25) is 10.0 Å². The van der Waals surface area contributed by atoms with E-state index in [9.17, 15) is 0 Å². The molecule has 1 aliphatic heterocycles. The number of nitrogens with two attached hydrogens (primary N) is 1. The number of rotatable bonds is 8. The minimum Gasteiger partial charge on any atom is -0.495 e. The van der Waals surface area contributed by atoms with Crippen LogP contribution in [-0.2, 0) is 0 Å². The molecule has 0 amide bonds. The summed E-state index contributed by atoms with van der Waals surface area (Å²) in [6.07, 6.45) is 4.74. The van der Waals surface area contributed by atoms with Crippen LogP contribution in [0, 0.1) is 0 Å². The van der Waals surface area contributed by atoms with Crippen LogP contribution in [0.25, 0.3) is 22.2 Å². The number of likely N-dealkylation sites (tertiary alicyclic amines) is 1. The van der Waals surface area contributed by atoms with E-state index in [0.717, 1.165) is 37.0 Å². The van der Waals surface area contributed by atoms with Gasteiger partial charge in [-0.3, -0.25) is 4.90 Å². The van der Waals surface area contributed by atoms with E-state index in [1.54, 1.807) is 26.5 Å². The average Bonchev–Trinajstić information content (AvgIpc) is 3.24. The number of fused-ring (bicyclic) bond motifs is 1. The number of pyridine rings is 1. The van der Waals surface area contributed by atoms with Crippen LogP contribution in [0.1, 0.15) is 6.42 Å². The van der Waals surface area contributed by atoms with Crippen molar-refractivity contribution in [2.45, 2.75) is 17.6 Å². The first kappa shape index (κ1) is 24.1. The first-order valence-corrected chi connectivity index (χ1v) is 12.5. The molecule has 8 nitrogen and oxygen atoms in total. The second-order valence-corrected chi connectivity index (χ2v) is 9.24. The van der Waals surface area contributed by atoms with Gasteiger partial charge in [0.15, 0.2) is 11.0 Å². The summed E-state index contributed by atoms with van der Waals surface area (Å²) < 4.78 is 10.9. The van der Waals surface area contributed by atoms with Crippen molar-refractivity contribution in [2.75, 3.05) is 52.0 Å². The molecule has 1 atom stereocenters. The van der Waals surface area contributed by atoms with Crippen LogP contribution in [0.3, 0.4) is 0 Å². The van der Waals surface area contributed by atoms with Crippen molar-refractivity contribution in [1.29, 1.82) is 0 Å². The molecule has 1 fully saturated rings. The Morgan fingerprint density at radius 2 is 1.91 bits per heavy atom. The molecule has 0 saturated carbocycles. The van der Waals surface area contributed by atoms with Crippen LogP contribution in [0.4, 0.5) is 5.82 Å². The molecule has 2 aromatic heterocycles. The van der Waals surface area contributed by atoms with Crippen molar-refractivity contribution in [3.05, 3.63) is 28.4 Å². The number of nitrogens with zero attached hydrogens (tertiary/aromatic N) is 4. The zero-order valence-corrected chi connectivity index (χ0v) is 21.0. The zero-order valence-electron chi connectivity index (χ0n) is 18.7. The summed E-state index contributed by atoms with van der Waals surface area (Å²) in [4.78, 5) is 16.3. The number of benzene rings is 1. The van der Waals surface area contributed by atoms with Gasteiger partial charge in [0.2, 0.25) is 0 Å². The number of hydrogen-bond donors (Lipinski definition) is 2. The molecule has 3 aromatic rings. The van der Waals surface area contributed by atoms with Gasteiger partial charge in [0.1, 0.15) is 17.0 Å². The minimum atomic E-state index is 0.247. The lowest BCUT2D eigenvalue weighted by atomic mass is 10.1. The van der Waals surface area contributed by atoms with Crippen LogP contribution >= 0.6 is 35.0 Å². The van der Waals surface area contributed by atoms with Crippen LogP contribution < -0.4 is 20.5 Å². The van der Waals surface area contributed by atoms with Crippen molar-refractivity contribution in [3.63, 3.8) is 0 Å². The normalized spacial score (nSPS) is 16.4. The number of nitrogens with one attached hydrogen (secondary N) is 1. The number of thioether (sulfide) groups is 1. The Balaban J connectivity index is 1.77. The van der Waals surface area contributed by atoms with E-state index in [2.05, 4.69) is 20.2 Å². The molecule has 3 heterocycles. The Hall–Kier alpha value is -2.04. The molecule has 0 radical (unpaired) electrons. The SMILES string of the molecule is COc1cc(OC)c(Cl)c(-c2cc3cnc(SC)nc3c(NCCN3CCC(N)C3)n2)c1Cl. The highest BCUT2D eigenvalue weighted by atomic mass is 35.5. The van der Waals surface area contributed by atoms with Gasteiger partial charge in [-0.1, -0.05) is 35.0 Å². The van der Waals surface area contributed by atoms with Gasteiger partial charge in [0.05, 0.1) is 30.0 Å². The van der Waals surface area contributed by atoms with Gasteiger partial charge in [-0.05, 0) is 25.3 Å². The molecule has 0 spiro atoms. The molecular formula is C22H26Cl2N6O2S. The summed E-state index contributed by atoms with van der Waals surface area (Å²) in [7, 11) is 3.09. The number of hydrogen-bond acceptors (Lipinski definition) is 9. The standard InChI is InChI=1S/C22H26Cl2N6O2S/c1-31-15-9-16(32-2)19(24)17(18(15)23)14-8-12-10-27-22(33-3)29-20(12)21(28-14)26-5-7-30-6-4-13(25)11-30/h8-10,13H,4-7,11,25H2,1-3H3,(H,26,28). The second-order valence-electron chi connectivity index (χ2n) is 7.71. The summed E-state index contributed by atoms with van der Waals surface area (Å²) in [5.41, 5.74) is 7.87. The smallest absolute Gasteiger partial charge is 0.187 e.